The van der Waals surface area contributed by atoms with Crippen LogP contribution in [0.2, 0.25) is 0 Å². The van der Waals surface area contributed by atoms with Crippen LogP contribution in [-0.2, 0) is 9.47 Å². The summed E-state index contributed by atoms with van der Waals surface area (Å²) in [6.07, 6.45) is -1.36. The summed E-state index contributed by atoms with van der Waals surface area (Å²) < 4.78 is 9.91. The van der Waals surface area contributed by atoms with Crippen molar-refractivity contribution in [3.63, 3.8) is 0 Å². The van der Waals surface area contributed by atoms with Crippen molar-refractivity contribution in [1.29, 1.82) is 0 Å². The highest BCUT2D eigenvalue weighted by Gasteiger charge is 2.43. The monoisotopic (exact) mass is 218 g/mol. The summed E-state index contributed by atoms with van der Waals surface area (Å²) in [5.74, 6) is 2.17. The SMILES string of the molecule is C#CCO[C@@H]1O[C@H](CO)[C@@H](O)[C@H](O)[C@H]1O. The van der Waals surface area contributed by atoms with Gasteiger partial charge in [0.05, 0.1) is 6.61 Å². The molecule has 0 aromatic rings. The zero-order valence-electron chi connectivity index (χ0n) is 7.98. The Morgan fingerprint density at radius 2 is 1.87 bits per heavy atom. The smallest absolute Gasteiger partial charge is 0.187 e. The van der Waals surface area contributed by atoms with Gasteiger partial charge in [0.25, 0.3) is 0 Å². The van der Waals surface area contributed by atoms with E-state index in [1.807, 2.05) is 0 Å². The van der Waals surface area contributed by atoms with Crippen LogP contribution in [0, 0.1) is 12.3 Å². The standard InChI is InChI=1S/C9H14O6/c1-2-3-14-9-8(13)7(12)6(11)5(4-10)15-9/h1,5-13H,3-4H2/t5-,6-,7+,8-,9-/m1/s1. The second-order valence-electron chi connectivity index (χ2n) is 3.21. The fourth-order valence-electron chi connectivity index (χ4n) is 1.34. The maximum atomic E-state index is 9.44. The minimum absolute atomic E-state index is 0.0946. The second kappa shape index (κ2) is 5.42. The van der Waals surface area contributed by atoms with Gasteiger partial charge >= 0.3 is 0 Å². The van der Waals surface area contributed by atoms with Crippen molar-refractivity contribution in [2.75, 3.05) is 13.2 Å². The lowest BCUT2D eigenvalue weighted by molar-refractivity contribution is -0.298. The van der Waals surface area contributed by atoms with E-state index < -0.39 is 37.3 Å². The molecule has 0 unspecified atom stereocenters. The highest BCUT2D eigenvalue weighted by atomic mass is 16.7. The third kappa shape index (κ3) is 2.66. The van der Waals surface area contributed by atoms with Crippen LogP contribution in [0.3, 0.4) is 0 Å². The van der Waals surface area contributed by atoms with Crippen molar-refractivity contribution < 1.29 is 29.9 Å². The van der Waals surface area contributed by atoms with Crippen LogP contribution >= 0.6 is 0 Å². The van der Waals surface area contributed by atoms with Crippen molar-refractivity contribution in [3.8, 4) is 12.3 Å². The summed E-state index contributed by atoms with van der Waals surface area (Å²) in [4.78, 5) is 0. The van der Waals surface area contributed by atoms with Gasteiger partial charge < -0.3 is 29.9 Å². The molecule has 1 heterocycles. The molecule has 0 amide bonds. The van der Waals surface area contributed by atoms with E-state index in [0.717, 1.165) is 0 Å². The lowest BCUT2D eigenvalue weighted by atomic mass is 9.99. The molecule has 0 bridgehead atoms. The van der Waals surface area contributed by atoms with Crippen LogP contribution in [0.4, 0.5) is 0 Å². The quantitative estimate of drug-likeness (QED) is 0.389. The maximum Gasteiger partial charge on any atom is 0.187 e. The Balaban J connectivity index is 2.62. The van der Waals surface area contributed by atoms with Crippen molar-refractivity contribution in [2.24, 2.45) is 0 Å². The number of rotatable bonds is 3. The fraction of sp³-hybridized carbons (Fsp3) is 0.778. The minimum Gasteiger partial charge on any atom is -0.394 e. The summed E-state index contributed by atoms with van der Waals surface area (Å²) in [7, 11) is 0. The van der Waals surface area contributed by atoms with E-state index in [1.165, 1.54) is 0 Å². The Bertz CT molecular complexity index is 235. The number of hydrogen-bond acceptors (Lipinski definition) is 6. The molecule has 1 fully saturated rings. The molecular formula is C9H14O6. The Labute approximate surface area is 87.1 Å². The molecule has 1 rings (SSSR count). The highest BCUT2D eigenvalue weighted by Crippen LogP contribution is 2.21. The first-order valence-corrected chi connectivity index (χ1v) is 4.47. The molecule has 0 aromatic heterocycles. The summed E-state index contributed by atoms with van der Waals surface area (Å²) in [6.45, 7) is -0.580. The van der Waals surface area contributed by atoms with Gasteiger partial charge in [-0.25, -0.2) is 0 Å². The number of terminal acetylenes is 1. The summed E-state index contributed by atoms with van der Waals surface area (Å²) in [6, 6.07) is 0. The predicted octanol–water partition coefficient (Wildman–Crippen LogP) is -2.56. The molecule has 4 N–H and O–H groups in total. The molecule has 86 valence electrons. The zero-order chi connectivity index (χ0) is 11.4. The summed E-state index contributed by atoms with van der Waals surface area (Å²) in [5.41, 5.74) is 0. The van der Waals surface area contributed by atoms with E-state index >= 15 is 0 Å². The molecule has 15 heavy (non-hydrogen) atoms. The molecule has 6 heteroatoms. The molecule has 0 aliphatic carbocycles. The molecule has 5 atom stereocenters. The molecule has 1 saturated heterocycles. The van der Waals surface area contributed by atoms with E-state index in [1.54, 1.807) is 0 Å². The van der Waals surface area contributed by atoms with Crippen LogP contribution in [0.5, 0.6) is 0 Å². The van der Waals surface area contributed by atoms with Crippen LogP contribution in [-0.4, -0.2) is 64.3 Å². The average molecular weight is 218 g/mol. The van der Waals surface area contributed by atoms with Gasteiger partial charge in [0.2, 0.25) is 0 Å². The predicted molar refractivity (Wildman–Crippen MR) is 48.6 cm³/mol. The summed E-state index contributed by atoms with van der Waals surface area (Å²) in [5, 5.41) is 37.0. The fourth-order valence-corrected chi connectivity index (χ4v) is 1.34. The maximum absolute atomic E-state index is 9.44. The molecular weight excluding hydrogens is 204 g/mol. The summed E-state index contributed by atoms with van der Waals surface area (Å²) >= 11 is 0. The first-order chi connectivity index (χ1) is 7.11. The van der Waals surface area contributed by atoms with Crippen molar-refractivity contribution in [2.45, 2.75) is 30.7 Å². The van der Waals surface area contributed by atoms with E-state index in [-0.39, 0.29) is 6.61 Å². The van der Waals surface area contributed by atoms with E-state index in [4.69, 9.17) is 21.0 Å². The molecule has 0 aromatic carbocycles. The highest BCUT2D eigenvalue weighted by molar-refractivity contribution is 4.90. The normalized spacial score (nSPS) is 41.1. The van der Waals surface area contributed by atoms with Crippen LogP contribution in [0.25, 0.3) is 0 Å². The molecule has 0 saturated carbocycles. The lowest BCUT2D eigenvalue weighted by Crippen LogP contribution is -2.59. The van der Waals surface area contributed by atoms with Gasteiger partial charge in [0.1, 0.15) is 31.0 Å². The van der Waals surface area contributed by atoms with E-state index in [2.05, 4.69) is 5.92 Å². The average Bonchev–Trinajstić information content (AvgIpc) is 2.25. The van der Waals surface area contributed by atoms with Gasteiger partial charge in [0, 0.05) is 0 Å². The van der Waals surface area contributed by atoms with Crippen molar-refractivity contribution >= 4 is 0 Å². The minimum atomic E-state index is -1.43. The Kier molecular flexibility index (Phi) is 4.47. The molecule has 1 aliphatic heterocycles. The van der Waals surface area contributed by atoms with Gasteiger partial charge in [-0.2, -0.15) is 0 Å². The molecule has 0 spiro atoms. The van der Waals surface area contributed by atoms with Crippen LogP contribution in [0.15, 0.2) is 0 Å². The zero-order valence-corrected chi connectivity index (χ0v) is 7.98. The third-order valence-electron chi connectivity index (χ3n) is 2.18. The van der Waals surface area contributed by atoms with E-state index in [0.29, 0.717) is 0 Å². The van der Waals surface area contributed by atoms with Gasteiger partial charge in [-0.1, -0.05) is 5.92 Å². The molecule has 6 nitrogen and oxygen atoms in total. The van der Waals surface area contributed by atoms with Gasteiger partial charge in [0.15, 0.2) is 6.29 Å². The van der Waals surface area contributed by atoms with E-state index in [9.17, 15) is 15.3 Å². The molecule has 1 aliphatic rings. The third-order valence-corrected chi connectivity index (χ3v) is 2.18. The largest absolute Gasteiger partial charge is 0.394 e. The second-order valence-corrected chi connectivity index (χ2v) is 3.21. The van der Waals surface area contributed by atoms with Gasteiger partial charge in [-0.15, -0.1) is 6.42 Å². The van der Waals surface area contributed by atoms with Crippen LogP contribution in [0.1, 0.15) is 0 Å². The van der Waals surface area contributed by atoms with Crippen molar-refractivity contribution in [3.05, 3.63) is 0 Å². The Hall–Kier alpha value is -0.680. The van der Waals surface area contributed by atoms with Gasteiger partial charge in [-0.3, -0.25) is 0 Å². The number of hydrogen-bond donors (Lipinski definition) is 4. The number of ether oxygens (including phenoxy) is 2. The first kappa shape index (κ1) is 12.4. The van der Waals surface area contributed by atoms with Gasteiger partial charge in [-0.05, 0) is 0 Å². The lowest BCUT2D eigenvalue weighted by Gasteiger charge is -2.39. The van der Waals surface area contributed by atoms with Crippen molar-refractivity contribution in [1.82, 2.24) is 0 Å². The van der Waals surface area contributed by atoms with Crippen LogP contribution < -0.4 is 0 Å². The Morgan fingerprint density at radius 1 is 1.20 bits per heavy atom. The first-order valence-electron chi connectivity index (χ1n) is 4.47. The topological polar surface area (TPSA) is 99.4 Å². The number of aliphatic hydroxyl groups is 4. The molecule has 0 radical (unpaired) electrons. The number of aliphatic hydroxyl groups excluding tert-OH is 4. The Morgan fingerprint density at radius 3 is 2.40 bits per heavy atom.